The van der Waals surface area contributed by atoms with Crippen LogP contribution in [0.3, 0.4) is 0 Å². The molecule has 0 aliphatic heterocycles. The Balaban J connectivity index is 3.21. The molecule has 0 amide bonds. The number of anilines is 1. The van der Waals surface area contributed by atoms with E-state index in [9.17, 15) is 0 Å². The van der Waals surface area contributed by atoms with Crippen LogP contribution in [0, 0.1) is 19.9 Å². The zero-order valence-electron chi connectivity index (χ0n) is 9.96. The molecule has 0 bridgehead atoms. The molecule has 0 aromatic heterocycles. The second-order valence-corrected chi connectivity index (χ2v) is 3.73. The number of hydrogen-bond acceptors (Lipinski definition) is 2. The van der Waals surface area contributed by atoms with Crippen molar-refractivity contribution in [3.63, 3.8) is 0 Å². The molecule has 1 rings (SSSR count). The summed E-state index contributed by atoms with van der Waals surface area (Å²) in [4.78, 5) is 6.72. The van der Waals surface area contributed by atoms with Crippen molar-refractivity contribution >= 4 is 5.69 Å². The van der Waals surface area contributed by atoms with Crippen LogP contribution in [0.1, 0.15) is 16.7 Å². The first-order chi connectivity index (χ1) is 7.06. The first kappa shape index (κ1) is 11.4. The molecule has 0 unspecified atom stereocenters. The molecule has 3 nitrogen and oxygen atoms in total. The van der Waals surface area contributed by atoms with Gasteiger partial charge in [0.2, 0.25) is 5.01 Å². The van der Waals surface area contributed by atoms with Gasteiger partial charge in [0.15, 0.2) is 7.11 Å². The lowest BCUT2D eigenvalue weighted by molar-refractivity contribution is 0.331. The van der Waals surface area contributed by atoms with Crippen LogP contribution in [0.2, 0.25) is 0 Å². The van der Waals surface area contributed by atoms with Crippen LogP contribution in [0.25, 0.3) is 5.01 Å². The number of aryl methyl sites for hydroxylation is 2. The molecule has 0 aliphatic carbocycles. The SMILES string of the molecule is CO[N+]#Cc1c(C)cc(N(C)C)cc1C. The van der Waals surface area contributed by atoms with Crippen molar-refractivity contribution in [1.29, 1.82) is 0 Å². The van der Waals surface area contributed by atoms with Crippen LogP contribution < -0.4 is 4.90 Å². The second-order valence-electron chi connectivity index (χ2n) is 3.73. The lowest BCUT2D eigenvalue weighted by Crippen LogP contribution is -2.09. The van der Waals surface area contributed by atoms with Gasteiger partial charge < -0.3 is 4.90 Å². The highest BCUT2D eigenvalue weighted by Gasteiger charge is 2.09. The first-order valence-electron chi connectivity index (χ1n) is 4.84. The maximum Gasteiger partial charge on any atom is 0.388 e. The summed E-state index contributed by atoms with van der Waals surface area (Å²) in [6.07, 6.45) is 0. The molecule has 0 spiro atoms. The van der Waals surface area contributed by atoms with E-state index in [1.165, 1.54) is 12.8 Å². The molecule has 0 aliphatic rings. The normalized spacial score (nSPS) is 9.13. The van der Waals surface area contributed by atoms with E-state index >= 15 is 0 Å². The zero-order chi connectivity index (χ0) is 11.4. The Morgan fingerprint density at radius 1 is 1.20 bits per heavy atom. The van der Waals surface area contributed by atoms with Gasteiger partial charge in [0, 0.05) is 19.8 Å². The molecule has 0 radical (unpaired) electrons. The topological polar surface area (TPSA) is 16.8 Å². The minimum absolute atomic E-state index is 1.00. The van der Waals surface area contributed by atoms with Gasteiger partial charge in [-0.3, -0.25) is 0 Å². The zero-order valence-corrected chi connectivity index (χ0v) is 9.96. The van der Waals surface area contributed by atoms with Gasteiger partial charge >= 0.3 is 6.07 Å². The fourth-order valence-electron chi connectivity index (χ4n) is 1.47. The Morgan fingerprint density at radius 2 is 1.73 bits per heavy atom. The van der Waals surface area contributed by atoms with Gasteiger partial charge in [-0.1, -0.05) is 0 Å². The Bertz CT molecular complexity index is 390. The second kappa shape index (κ2) is 4.70. The Hall–Kier alpha value is -1.69. The van der Waals surface area contributed by atoms with Gasteiger partial charge in [-0.05, 0) is 37.1 Å². The lowest BCUT2D eigenvalue weighted by Gasteiger charge is -2.14. The van der Waals surface area contributed by atoms with E-state index in [0.717, 1.165) is 16.7 Å². The number of benzene rings is 1. The lowest BCUT2D eigenvalue weighted by atomic mass is 10.0. The molecule has 0 atom stereocenters. The van der Waals surface area contributed by atoms with Gasteiger partial charge in [-0.25, -0.2) is 0 Å². The van der Waals surface area contributed by atoms with Gasteiger partial charge in [-0.2, -0.15) is 4.84 Å². The van der Waals surface area contributed by atoms with Crippen LogP contribution in [0.15, 0.2) is 12.1 Å². The highest BCUT2D eigenvalue weighted by molar-refractivity contribution is 5.57. The summed E-state index contributed by atoms with van der Waals surface area (Å²) in [6.45, 7) is 4.10. The van der Waals surface area contributed by atoms with Crippen molar-refractivity contribution in [2.45, 2.75) is 13.8 Å². The van der Waals surface area contributed by atoms with Crippen LogP contribution in [0.5, 0.6) is 0 Å². The van der Waals surface area contributed by atoms with Crippen molar-refractivity contribution < 1.29 is 4.84 Å². The number of nitrogens with zero attached hydrogens (tertiary/aromatic N) is 2. The van der Waals surface area contributed by atoms with E-state index in [4.69, 9.17) is 0 Å². The Morgan fingerprint density at radius 3 is 2.13 bits per heavy atom. The van der Waals surface area contributed by atoms with E-state index < -0.39 is 0 Å². The standard InChI is InChI=1S/C12H17N2O/c1-9-6-11(14(3)4)7-10(2)12(9)8-13-15-5/h6-7H,1-5H3/q+1. The molecule has 0 N–H and O–H groups in total. The summed E-state index contributed by atoms with van der Waals surface area (Å²) >= 11 is 0. The average Bonchev–Trinajstić information content (AvgIpc) is 2.16. The quantitative estimate of drug-likeness (QED) is 0.655. The molecule has 0 fully saturated rings. The van der Waals surface area contributed by atoms with Crippen LogP contribution >= 0.6 is 0 Å². The highest BCUT2D eigenvalue weighted by Crippen LogP contribution is 2.21. The summed E-state index contributed by atoms with van der Waals surface area (Å²) < 4.78 is 0. The van der Waals surface area contributed by atoms with Gasteiger partial charge in [-0.15, -0.1) is 0 Å². The summed E-state index contributed by atoms with van der Waals surface area (Å²) in [5.74, 6) is 0. The van der Waals surface area contributed by atoms with E-state index in [1.807, 2.05) is 27.9 Å². The monoisotopic (exact) mass is 205 g/mol. The summed E-state index contributed by atoms with van der Waals surface area (Å²) in [5.41, 5.74) is 4.49. The van der Waals surface area contributed by atoms with Crippen LogP contribution in [0.4, 0.5) is 5.69 Å². The van der Waals surface area contributed by atoms with Gasteiger partial charge in [0.05, 0.1) is 0 Å². The third-order valence-electron chi connectivity index (χ3n) is 2.28. The van der Waals surface area contributed by atoms with E-state index in [2.05, 4.69) is 32.9 Å². The molecule has 1 aromatic carbocycles. The molecule has 0 saturated carbocycles. The highest BCUT2D eigenvalue weighted by atomic mass is 16.6. The molecular weight excluding hydrogens is 188 g/mol. The Labute approximate surface area is 91.1 Å². The fourth-order valence-corrected chi connectivity index (χ4v) is 1.47. The maximum absolute atomic E-state index is 4.64. The summed E-state index contributed by atoms with van der Waals surface area (Å²) in [5, 5.41) is 3.67. The summed E-state index contributed by atoms with van der Waals surface area (Å²) in [6, 6.07) is 7.10. The predicted molar refractivity (Wildman–Crippen MR) is 63.6 cm³/mol. The van der Waals surface area contributed by atoms with Crippen molar-refractivity contribution in [3.8, 4) is 6.07 Å². The smallest absolute Gasteiger partial charge is 0.378 e. The molecule has 1 aromatic rings. The number of hydrogen-bond donors (Lipinski definition) is 0. The van der Waals surface area contributed by atoms with Crippen molar-refractivity contribution in [2.75, 3.05) is 26.1 Å². The van der Waals surface area contributed by atoms with Crippen LogP contribution in [-0.4, -0.2) is 21.2 Å². The molecule has 15 heavy (non-hydrogen) atoms. The maximum atomic E-state index is 4.64. The largest absolute Gasteiger partial charge is 0.388 e. The minimum atomic E-state index is 1.00. The third-order valence-corrected chi connectivity index (χ3v) is 2.28. The van der Waals surface area contributed by atoms with E-state index in [1.54, 1.807) is 0 Å². The van der Waals surface area contributed by atoms with Gasteiger partial charge in [0.25, 0.3) is 0 Å². The summed E-state index contributed by atoms with van der Waals surface area (Å²) in [7, 11) is 5.58. The van der Waals surface area contributed by atoms with Crippen LogP contribution in [-0.2, 0) is 4.84 Å². The van der Waals surface area contributed by atoms with Crippen molar-refractivity contribution in [1.82, 2.24) is 0 Å². The molecule has 3 heteroatoms. The minimum Gasteiger partial charge on any atom is -0.378 e. The number of rotatable bonds is 1. The van der Waals surface area contributed by atoms with Crippen molar-refractivity contribution in [2.24, 2.45) is 0 Å². The molecule has 0 heterocycles. The Kier molecular flexibility index (Phi) is 3.56. The predicted octanol–water partition coefficient (Wildman–Crippen LogP) is 2.61. The van der Waals surface area contributed by atoms with Gasteiger partial charge in [0.1, 0.15) is 5.56 Å². The van der Waals surface area contributed by atoms with E-state index in [-0.39, 0.29) is 0 Å². The molecule has 0 saturated heterocycles. The average molecular weight is 205 g/mol. The molecule has 80 valence electrons. The first-order valence-corrected chi connectivity index (χ1v) is 4.84. The third kappa shape index (κ3) is 2.63. The van der Waals surface area contributed by atoms with E-state index in [0.29, 0.717) is 0 Å². The molecular formula is C12H17N2O+. The fraction of sp³-hybridized carbons (Fsp3) is 0.417. The van der Waals surface area contributed by atoms with Crippen molar-refractivity contribution in [3.05, 3.63) is 33.8 Å².